The number of hydrogen-bond acceptors (Lipinski definition) is 6. The Bertz CT molecular complexity index is 845. The number of rotatable bonds is 6. The Kier molecular flexibility index (Phi) is 5.42. The summed E-state index contributed by atoms with van der Waals surface area (Å²) in [5.41, 5.74) is 3.11. The SMILES string of the molecule is O=C(CCc1cc2n(n1)CCCNC2)NCc1csc(-c2cccs2)n1. The maximum Gasteiger partial charge on any atom is 0.220 e. The first-order chi connectivity index (χ1) is 12.8. The predicted molar refractivity (Wildman–Crippen MR) is 104 cm³/mol. The van der Waals surface area contributed by atoms with Crippen molar-refractivity contribution in [3.63, 3.8) is 0 Å². The molecule has 136 valence electrons. The number of thiophene rings is 1. The Morgan fingerprint density at radius 3 is 3.19 bits per heavy atom. The number of aryl methyl sites for hydroxylation is 2. The van der Waals surface area contributed by atoms with Gasteiger partial charge in [0.1, 0.15) is 5.01 Å². The van der Waals surface area contributed by atoms with Gasteiger partial charge in [0.25, 0.3) is 0 Å². The average molecular weight is 388 g/mol. The third-order valence-electron chi connectivity index (χ3n) is 4.30. The van der Waals surface area contributed by atoms with E-state index in [0.717, 1.165) is 42.5 Å². The van der Waals surface area contributed by atoms with E-state index in [1.165, 1.54) is 10.6 Å². The zero-order chi connectivity index (χ0) is 17.8. The molecule has 1 aliphatic heterocycles. The van der Waals surface area contributed by atoms with Crippen LogP contribution in [-0.2, 0) is 30.8 Å². The van der Waals surface area contributed by atoms with Crippen LogP contribution in [0.5, 0.6) is 0 Å². The number of amides is 1. The molecule has 26 heavy (non-hydrogen) atoms. The Labute approximate surface area is 160 Å². The molecule has 0 aliphatic carbocycles. The van der Waals surface area contributed by atoms with Crippen molar-refractivity contribution in [1.82, 2.24) is 25.4 Å². The van der Waals surface area contributed by atoms with Crippen LogP contribution in [-0.4, -0.2) is 27.2 Å². The van der Waals surface area contributed by atoms with E-state index in [1.54, 1.807) is 22.7 Å². The van der Waals surface area contributed by atoms with Crippen LogP contribution < -0.4 is 10.6 Å². The van der Waals surface area contributed by atoms with Crippen LogP contribution in [0.25, 0.3) is 9.88 Å². The maximum atomic E-state index is 12.1. The van der Waals surface area contributed by atoms with Gasteiger partial charge in [-0.3, -0.25) is 9.48 Å². The van der Waals surface area contributed by atoms with Crippen LogP contribution in [0.3, 0.4) is 0 Å². The first-order valence-corrected chi connectivity index (χ1v) is 10.5. The van der Waals surface area contributed by atoms with Crippen LogP contribution in [0.2, 0.25) is 0 Å². The van der Waals surface area contributed by atoms with Gasteiger partial charge in [-0.1, -0.05) is 6.07 Å². The highest BCUT2D eigenvalue weighted by molar-refractivity contribution is 7.20. The van der Waals surface area contributed by atoms with Crippen LogP contribution >= 0.6 is 22.7 Å². The minimum absolute atomic E-state index is 0.0389. The van der Waals surface area contributed by atoms with E-state index in [-0.39, 0.29) is 5.91 Å². The van der Waals surface area contributed by atoms with Crippen LogP contribution in [0, 0.1) is 0 Å². The molecule has 0 unspecified atom stereocenters. The van der Waals surface area contributed by atoms with Crippen molar-refractivity contribution in [2.24, 2.45) is 0 Å². The third kappa shape index (κ3) is 4.20. The molecule has 0 saturated heterocycles. The quantitative estimate of drug-likeness (QED) is 0.682. The predicted octanol–water partition coefficient (Wildman–Crippen LogP) is 2.81. The molecule has 0 saturated carbocycles. The lowest BCUT2D eigenvalue weighted by atomic mass is 10.2. The molecule has 1 amide bonds. The second-order valence-corrected chi connectivity index (χ2v) is 8.08. The molecule has 0 bridgehead atoms. The summed E-state index contributed by atoms with van der Waals surface area (Å²) in [6.07, 6.45) is 2.21. The second-order valence-electron chi connectivity index (χ2n) is 6.28. The Balaban J connectivity index is 1.26. The number of nitrogens with zero attached hydrogens (tertiary/aromatic N) is 3. The fourth-order valence-corrected chi connectivity index (χ4v) is 4.60. The topological polar surface area (TPSA) is 71.8 Å². The van der Waals surface area contributed by atoms with Crippen LogP contribution in [0.15, 0.2) is 29.0 Å². The van der Waals surface area contributed by atoms with Gasteiger partial charge in [0.15, 0.2) is 0 Å². The Hall–Kier alpha value is -2.03. The summed E-state index contributed by atoms with van der Waals surface area (Å²) in [5.74, 6) is 0.0389. The Morgan fingerprint density at radius 1 is 1.35 bits per heavy atom. The van der Waals surface area contributed by atoms with Crippen molar-refractivity contribution in [3.05, 3.63) is 46.0 Å². The third-order valence-corrected chi connectivity index (χ3v) is 6.23. The van der Waals surface area contributed by atoms with Crippen molar-refractivity contribution in [1.29, 1.82) is 0 Å². The standard InChI is InChI=1S/C18H21N5OS2/c24-17(5-4-13-9-15-11-19-6-2-7-23(15)22-13)20-10-14-12-26-18(21-14)16-3-1-8-25-16/h1,3,8-9,12,19H,2,4-7,10-11H2,(H,20,24). The summed E-state index contributed by atoms with van der Waals surface area (Å²) in [6.45, 7) is 3.32. The molecule has 2 N–H and O–H groups in total. The number of fused-ring (bicyclic) bond motifs is 1. The summed E-state index contributed by atoms with van der Waals surface area (Å²) < 4.78 is 2.06. The summed E-state index contributed by atoms with van der Waals surface area (Å²) in [6, 6.07) is 6.20. The highest BCUT2D eigenvalue weighted by Gasteiger charge is 2.12. The van der Waals surface area contributed by atoms with E-state index >= 15 is 0 Å². The van der Waals surface area contributed by atoms with Gasteiger partial charge in [0.05, 0.1) is 28.5 Å². The van der Waals surface area contributed by atoms with Gasteiger partial charge in [0, 0.05) is 31.3 Å². The van der Waals surface area contributed by atoms with Gasteiger partial charge in [-0.05, 0) is 30.5 Å². The molecule has 4 heterocycles. The molecule has 4 rings (SSSR count). The molecular weight excluding hydrogens is 366 g/mol. The number of thiazole rings is 1. The number of carbonyl (C=O) groups is 1. The van der Waals surface area contributed by atoms with E-state index in [2.05, 4.69) is 37.5 Å². The molecular formula is C18H21N5OS2. The van der Waals surface area contributed by atoms with E-state index < -0.39 is 0 Å². The number of aromatic nitrogens is 3. The average Bonchev–Trinajstić information content (AvgIpc) is 3.37. The fraction of sp³-hybridized carbons (Fsp3) is 0.389. The van der Waals surface area contributed by atoms with Gasteiger partial charge in [-0.25, -0.2) is 4.98 Å². The van der Waals surface area contributed by atoms with Gasteiger partial charge >= 0.3 is 0 Å². The smallest absolute Gasteiger partial charge is 0.220 e. The monoisotopic (exact) mass is 387 g/mol. The van der Waals surface area contributed by atoms with Crippen molar-refractivity contribution < 1.29 is 4.79 Å². The van der Waals surface area contributed by atoms with Crippen molar-refractivity contribution >= 4 is 28.6 Å². The van der Waals surface area contributed by atoms with E-state index in [0.29, 0.717) is 19.4 Å². The summed E-state index contributed by atoms with van der Waals surface area (Å²) in [4.78, 5) is 17.9. The zero-order valence-corrected chi connectivity index (χ0v) is 16.0. The van der Waals surface area contributed by atoms with Crippen molar-refractivity contribution in [2.45, 2.75) is 38.9 Å². The fourth-order valence-electron chi connectivity index (χ4n) is 2.96. The van der Waals surface area contributed by atoms with Crippen molar-refractivity contribution in [2.75, 3.05) is 6.54 Å². The van der Waals surface area contributed by atoms with E-state index in [9.17, 15) is 4.79 Å². The lowest BCUT2D eigenvalue weighted by Crippen LogP contribution is -2.23. The zero-order valence-electron chi connectivity index (χ0n) is 14.4. The Morgan fingerprint density at radius 2 is 2.31 bits per heavy atom. The maximum absolute atomic E-state index is 12.1. The lowest BCUT2D eigenvalue weighted by Gasteiger charge is -2.02. The number of nitrogens with one attached hydrogen (secondary N) is 2. The molecule has 1 aliphatic rings. The summed E-state index contributed by atoms with van der Waals surface area (Å²) >= 11 is 3.29. The van der Waals surface area contributed by atoms with Gasteiger partial charge < -0.3 is 10.6 Å². The molecule has 3 aromatic rings. The highest BCUT2D eigenvalue weighted by atomic mass is 32.1. The largest absolute Gasteiger partial charge is 0.350 e. The molecule has 3 aromatic heterocycles. The van der Waals surface area contributed by atoms with E-state index in [4.69, 9.17) is 0 Å². The minimum Gasteiger partial charge on any atom is -0.350 e. The molecule has 8 heteroatoms. The normalized spacial score (nSPS) is 14.0. The van der Waals surface area contributed by atoms with Crippen LogP contribution in [0.1, 0.15) is 29.9 Å². The molecule has 0 spiro atoms. The lowest BCUT2D eigenvalue weighted by molar-refractivity contribution is -0.121. The first kappa shape index (κ1) is 17.4. The molecule has 6 nitrogen and oxygen atoms in total. The molecule has 0 fully saturated rings. The number of hydrogen-bond donors (Lipinski definition) is 2. The minimum atomic E-state index is 0.0389. The van der Waals surface area contributed by atoms with Crippen molar-refractivity contribution in [3.8, 4) is 9.88 Å². The number of carbonyl (C=O) groups excluding carboxylic acids is 1. The second kappa shape index (κ2) is 8.11. The summed E-state index contributed by atoms with van der Waals surface area (Å²) in [5, 5.41) is 16.0. The van der Waals surface area contributed by atoms with Crippen LogP contribution in [0.4, 0.5) is 0 Å². The molecule has 0 atom stereocenters. The van der Waals surface area contributed by atoms with Gasteiger partial charge in [-0.15, -0.1) is 22.7 Å². The molecule has 0 aromatic carbocycles. The summed E-state index contributed by atoms with van der Waals surface area (Å²) in [7, 11) is 0. The van der Waals surface area contributed by atoms with Gasteiger partial charge in [-0.2, -0.15) is 5.10 Å². The molecule has 0 radical (unpaired) electrons. The van der Waals surface area contributed by atoms with Gasteiger partial charge in [0.2, 0.25) is 5.91 Å². The highest BCUT2D eigenvalue weighted by Crippen LogP contribution is 2.27. The first-order valence-electron chi connectivity index (χ1n) is 8.79. The van der Waals surface area contributed by atoms with E-state index in [1.807, 2.05) is 16.8 Å².